The summed E-state index contributed by atoms with van der Waals surface area (Å²) < 4.78 is 29.7. The second kappa shape index (κ2) is 15.0. The van der Waals surface area contributed by atoms with Gasteiger partial charge in [0, 0.05) is 0 Å². The van der Waals surface area contributed by atoms with Crippen molar-refractivity contribution in [2.45, 2.75) is 61.8 Å². The van der Waals surface area contributed by atoms with Crippen LogP contribution in [0.3, 0.4) is 0 Å². The molecule has 0 aliphatic heterocycles. The Bertz CT molecular complexity index is 1100. The van der Waals surface area contributed by atoms with Crippen molar-refractivity contribution in [1.82, 2.24) is 0 Å². The maximum absolute atomic E-state index is 12.8. The zero-order valence-corrected chi connectivity index (χ0v) is 20.9. The molecule has 3 rings (SSSR count). The second-order valence-corrected chi connectivity index (χ2v) is 8.59. The molecule has 0 fully saturated rings. The molecule has 0 N–H and O–H groups in total. The van der Waals surface area contributed by atoms with Crippen molar-refractivity contribution in [3.63, 3.8) is 0 Å². The Morgan fingerprint density at radius 1 is 0.743 bits per heavy atom. The number of halogens is 1. The highest BCUT2D eigenvalue weighted by molar-refractivity contribution is 6.48. The number of hydrogen-bond acceptors (Lipinski definition) is 3. The summed E-state index contributed by atoms with van der Waals surface area (Å²) in [6, 6.07) is 17.8. The van der Waals surface area contributed by atoms with Crippen LogP contribution in [0.5, 0.6) is 11.5 Å². The van der Waals surface area contributed by atoms with Gasteiger partial charge in [-0.25, -0.2) is 9.24 Å². The van der Waals surface area contributed by atoms with E-state index in [2.05, 4.69) is 11.8 Å². The van der Waals surface area contributed by atoms with Gasteiger partial charge >= 0.3 is 0 Å². The van der Waals surface area contributed by atoms with Crippen LogP contribution in [0.15, 0.2) is 60.7 Å². The number of ether oxygens (including phenoxy) is 1. The van der Waals surface area contributed by atoms with Crippen molar-refractivity contribution in [3.8, 4) is 11.5 Å². The van der Waals surface area contributed by atoms with E-state index in [0.29, 0.717) is 18.9 Å². The average molecular weight is 475 g/mol. The minimum Gasteiger partial charge on any atom is -0.457 e. The molecule has 7 heteroatoms. The maximum atomic E-state index is 12.8. The van der Waals surface area contributed by atoms with Gasteiger partial charge in [0.15, 0.2) is 5.69 Å². The molecular formula is C28H36B2FNO3. The van der Waals surface area contributed by atoms with Crippen molar-refractivity contribution in [2.24, 2.45) is 0 Å². The minimum atomic E-state index is -0.201. The van der Waals surface area contributed by atoms with E-state index in [1.54, 1.807) is 30.3 Å². The molecule has 0 bridgehead atoms. The molecule has 0 atom stereocenters. The molecule has 4 nitrogen and oxygen atoms in total. The molecule has 0 amide bonds. The molecule has 184 valence electrons. The molecule has 0 aliphatic rings. The lowest BCUT2D eigenvalue weighted by atomic mass is 9.75. The normalized spacial score (nSPS) is 9.77. The third-order valence-corrected chi connectivity index (χ3v) is 4.98. The largest absolute Gasteiger partial charge is 0.457 e. The quantitative estimate of drug-likeness (QED) is 0.242. The predicted octanol–water partition coefficient (Wildman–Crippen LogP) is 8.64. The summed E-state index contributed by atoms with van der Waals surface area (Å²) in [5, 5.41) is 0. The number of hydrogen-bond donors (Lipinski definition) is 0. The Balaban J connectivity index is 0.000000378. The maximum Gasteiger partial charge on any atom is 0.287 e. The number of rotatable bonds is 8. The molecule has 0 saturated carbocycles. The summed E-state index contributed by atoms with van der Waals surface area (Å²) in [4.78, 5) is 3.36. The SMILES string of the molecule is C.CB(C)OCc1cc(F)ccc1C.[C-]#[N+]c1ccc(Oc2ccc(C)c(COB(C)C)c2)cc1. The van der Waals surface area contributed by atoms with E-state index in [9.17, 15) is 4.39 Å². The summed E-state index contributed by atoms with van der Waals surface area (Å²) in [6.45, 7) is 20.4. The predicted molar refractivity (Wildman–Crippen MR) is 146 cm³/mol. The van der Waals surface area contributed by atoms with Gasteiger partial charge in [0.1, 0.15) is 17.3 Å². The molecular weight excluding hydrogens is 439 g/mol. The Kier molecular flexibility index (Phi) is 12.9. The lowest BCUT2D eigenvalue weighted by molar-refractivity contribution is 0.313. The average Bonchev–Trinajstić information content (AvgIpc) is 2.80. The van der Waals surface area contributed by atoms with Gasteiger partial charge in [-0.05, 0) is 72.5 Å². The number of benzene rings is 3. The number of nitrogens with zero attached hydrogens (tertiary/aromatic N) is 1. The van der Waals surface area contributed by atoms with Crippen LogP contribution in [0, 0.1) is 26.2 Å². The van der Waals surface area contributed by atoms with Crippen LogP contribution in [-0.2, 0) is 22.5 Å². The van der Waals surface area contributed by atoms with Crippen molar-refractivity contribution in [3.05, 3.63) is 100 Å². The number of aryl methyl sites for hydroxylation is 2. The zero-order chi connectivity index (χ0) is 25.1. The van der Waals surface area contributed by atoms with Crippen LogP contribution in [-0.4, -0.2) is 13.8 Å². The zero-order valence-electron chi connectivity index (χ0n) is 20.9. The first-order chi connectivity index (χ1) is 16.2. The standard InChI is InChI=1S/C17H18BNO2.C10H14BFO.CH4/c1-13-5-8-17(11-14(13)12-20-18(2)3)21-16-9-6-15(19-4)7-10-16;1-8-4-5-10(12)6-9(8)7-13-11(2)3;/h5-11H,12H2,1-3H3;4-6H,7H2,1-3H3;1H4. The molecule has 3 aromatic rings. The summed E-state index contributed by atoms with van der Waals surface area (Å²) >= 11 is 0. The Morgan fingerprint density at radius 2 is 1.23 bits per heavy atom. The molecule has 3 aromatic carbocycles. The molecule has 35 heavy (non-hydrogen) atoms. The summed E-state index contributed by atoms with van der Waals surface area (Å²) in [7, 11) is 0. The fraction of sp³-hybridized carbons (Fsp3) is 0.321. The molecule has 0 spiro atoms. The minimum absolute atomic E-state index is 0. The van der Waals surface area contributed by atoms with E-state index >= 15 is 0 Å². The van der Waals surface area contributed by atoms with Crippen LogP contribution < -0.4 is 4.74 Å². The third kappa shape index (κ3) is 10.8. The molecule has 0 aliphatic carbocycles. The summed E-state index contributed by atoms with van der Waals surface area (Å²) in [5.41, 5.74) is 4.92. The van der Waals surface area contributed by atoms with E-state index in [1.807, 2.05) is 52.4 Å². The summed E-state index contributed by atoms with van der Waals surface area (Å²) in [6.07, 6.45) is 0. The lowest BCUT2D eigenvalue weighted by Crippen LogP contribution is -2.08. The van der Waals surface area contributed by atoms with Gasteiger partial charge in [0.05, 0.1) is 19.8 Å². The van der Waals surface area contributed by atoms with E-state index in [0.717, 1.165) is 28.2 Å². The molecule has 0 radical (unpaired) electrons. The van der Waals surface area contributed by atoms with Crippen LogP contribution in [0.1, 0.15) is 29.7 Å². The first-order valence-corrected chi connectivity index (χ1v) is 11.4. The Morgan fingerprint density at radius 3 is 1.74 bits per heavy atom. The highest BCUT2D eigenvalue weighted by atomic mass is 19.1. The smallest absolute Gasteiger partial charge is 0.287 e. The van der Waals surface area contributed by atoms with Gasteiger partial charge < -0.3 is 14.0 Å². The third-order valence-electron chi connectivity index (χ3n) is 4.98. The topological polar surface area (TPSA) is 32.0 Å². The van der Waals surface area contributed by atoms with Gasteiger partial charge in [-0.1, -0.05) is 59.0 Å². The van der Waals surface area contributed by atoms with Crippen molar-refractivity contribution in [2.75, 3.05) is 0 Å². The van der Waals surface area contributed by atoms with Gasteiger partial charge in [-0.15, -0.1) is 0 Å². The summed E-state index contributed by atoms with van der Waals surface area (Å²) in [5.74, 6) is 1.30. The van der Waals surface area contributed by atoms with E-state index in [1.165, 1.54) is 17.7 Å². The van der Waals surface area contributed by atoms with Gasteiger partial charge in [-0.3, -0.25) is 0 Å². The lowest BCUT2D eigenvalue weighted by Gasteiger charge is -2.12. The van der Waals surface area contributed by atoms with Crippen LogP contribution in [0.25, 0.3) is 4.85 Å². The fourth-order valence-corrected chi connectivity index (χ4v) is 2.90. The first-order valence-electron chi connectivity index (χ1n) is 11.4. The van der Waals surface area contributed by atoms with E-state index in [4.69, 9.17) is 20.6 Å². The van der Waals surface area contributed by atoms with Gasteiger partial charge in [0.2, 0.25) is 0 Å². The first kappa shape index (κ1) is 30.0. The van der Waals surface area contributed by atoms with Crippen LogP contribution in [0.2, 0.25) is 27.3 Å². The molecule has 0 heterocycles. The van der Waals surface area contributed by atoms with Gasteiger partial charge in [-0.2, -0.15) is 0 Å². The fourth-order valence-electron chi connectivity index (χ4n) is 2.90. The van der Waals surface area contributed by atoms with Crippen molar-refractivity contribution < 1.29 is 18.4 Å². The molecule has 0 saturated heterocycles. The van der Waals surface area contributed by atoms with E-state index < -0.39 is 0 Å². The van der Waals surface area contributed by atoms with Crippen LogP contribution in [0.4, 0.5) is 10.1 Å². The monoisotopic (exact) mass is 475 g/mol. The molecule has 0 aromatic heterocycles. The molecule has 0 unspecified atom stereocenters. The Hall–Kier alpha value is -3.07. The highest BCUT2D eigenvalue weighted by Crippen LogP contribution is 2.26. The Labute approximate surface area is 211 Å². The second-order valence-electron chi connectivity index (χ2n) is 8.59. The van der Waals surface area contributed by atoms with Crippen molar-refractivity contribution >= 4 is 19.5 Å². The van der Waals surface area contributed by atoms with E-state index in [-0.39, 0.29) is 27.1 Å². The van der Waals surface area contributed by atoms with Crippen molar-refractivity contribution in [1.29, 1.82) is 0 Å². The highest BCUT2D eigenvalue weighted by Gasteiger charge is 2.06. The van der Waals surface area contributed by atoms with Gasteiger partial charge in [0.25, 0.3) is 13.8 Å². The van der Waals surface area contributed by atoms with Crippen LogP contribution >= 0.6 is 0 Å².